The summed E-state index contributed by atoms with van der Waals surface area (Å²) in [4.78, 5) is 10.2. The van der Waals surface area contributed by atoms with Crippen molar-refractivity contribution in [2.75, 3.05) is 5.75 Å². The maximum Gasteiger partial charge on any atom is 0.313 e. The third-order valence-electron chi connectivity index (χ3n) is 1.24. The van der Waals surface area contributed by atoms with Gasteiger partial charge in [-0.3, -0.25) is 4.79 Å². The molecule has 1 aromatic rings. The summed E-state index contributed by atoms with van der Waals surface area (Å²) in [6.45, 7) is 0. The monoisotopic (exact) mass is 171 g/mol. The Bertz CT molecular complexity index is 257. The third kappa shape index (κ3) is 2.31. The number of thioether (sulfide) groups is 1. The van der Waals surface area contributed by atoms with E-state index in [0.717, 1.165) is 5.03 Å². The van der Waals surface area contributed by atoms with E-state index in [1.165, 1.54) is 11.8 Å². The molecule has 0 unspecified atom stereocenters. The molecule has 0 fully saturated rings. The maximum atomic E-state index is 10.2. The van der Waals surface area contributed by atoms with Gasteiger partial charge in [-0.05, 0) is 12.1 Å². The van der Waals surface area contributed by atoms with Crippen molar-refractivity contribution in [2.24, 2.45) is 7.05 Å². The molecule has 60 valence electrons. The van der Waals surface area contributed by atoms with Crippen LogP contribution in [0, 0.1) is 0 Å². The normalized spacial score (nSPS) is 9.91. The van der Waals surface area contributed by atoms with E-state index in [0.29, 0.717) is 0 Å². The predicted octanol–water partition coefficient (Wildman–Crippen LogP) is 1.20. The molecule has 0 aliphatic heterocycles. The molecule has 0 saturated heterocycles. The Balaban J connectivity index is 2.51. The lowest BCUT2D eigenvalue weighted by molar-refractivity contribution is -0.133. The topological polar surface area (TPSA) is 42.2 Å². The fourth-order valence-electron chi connectivity index (χ4n) is 0.731. The zero-order valence-electron chi connectivity index (χ0n) is 6.15. The number of hydrogen-bond donors (Lipinski definition) is 1. The van der Waals surface area contributed by atoms with E-state index in [1.807, 2.05) is 29.9 Å². The van der Waals surface area contributed by atoms with E-state index in [-0.39, 0.29) is 5.75 Å². The van der Waals surface area contributed by atoms with Crippen molar-refractivity contribution in [3.63, 3.8) is 0 Å². The second-order valence-corrected chi connectivity index (χ2v) is 3.14. The second kappa shape index (κ2) is 3.48. The van der Waals surface area contributed by atoms with Crippen molar-refractivity contribution in [3.05, 3.63) is 18.3 Å². The van der Waals surface area contributed by atoms with Gasteiger partial charge in [0.25, 0.3) is 0 Å². The van der Waals surface area contributed by atoms with Crippen LogP contribution in [0.15, 0.2) is 23.4 Å². The molecule has 3 nitrogen and oxygen atoms in total. The van der Waals surface area contributed by atoms with Crippen LogP contribution in [-0.2, 0) is 11.8 Å². The van der Waals surface area contributed by atoms with Crippen LogP contribution in [0.3, 0.4) is 0 Å². The van der Waals surface area contributed by atoms with E-state index in [4.69, 9.17) is 5.11 Å². The lowest BCUT2D eigenvalue weighted by atomic mass is 10.7. The van der Waals surface area contributed by atoms with Gasteiger partial charge in [-0.25, -0.2) is 0 Å². The van der Waals surface area contributed by atoms with Crippen molar-refractivity contribution >= 4 is 17.7 Å². The van der Waals surface area contributed by atoms with Gasteiger partial charge in [0.15, 0.2) is 0 Å². The molecular formula is C7H9NO2S. The number of carboxylic acid groups (broad SMARTS) is 1. The lowest BCUT2D eigenvalue weighted by Crippen LogP contribution is -1.98. The Kier molecular flexibility index (Phi) is 2.59. The number of carboxylic acids is 1. The molecule has 4 heteroatoms. The number of aliphatic carboxylic acids is 1. The Morgan fingerprint density at radius 3 is 3.00 bits per heavy atom. The highest BCUT2D eigenvalue weighted by molar-refractivity contribution is 7.99. The van der Waals surface area contributed by atoms with E-state index < -0.39 is 5.97 Å². The van der Waals surface area contributed by atoms with Crippen LogP contribution < -0.4 is 0 Å². The van der Waals surface area contributed by atoms with Crippen molar-refractivity contribution in [1.82, 2.24) is 4.57 Å². The fraction of sp³-hybridized carbons (Fsp3) is 0.286. The minimum atomic E-state index is -0.781. The van der Waals surface area contributed by atoms with Crippen LogP contribution in [0.1, 0.15) is 0 Å². The van der Waals surface area contributed by atoms with Crippen LogP contribution in [-0.4, -0.2) is 21.4 Å². The highest BCUT2D eigenvalue weighted by Crippen LogP contribution is 2.16. The molecule has 0 saturated carbocycles. The first-order chi connectivity index (χ1) is 5.20. The summed E-state index contributed by atoms with van der Waals surface area (Å²) in [7, 11) is 1.89. The first-order valence-electron chi connectivity index (χ1n) is 3.16. The van der Waals surface area contributed by atoms with Gasteiger partial charge in [-0.2, -0.15) is 0 Å². The highest BCUT2D eigenvalue weighted by atomic mass is 32.2. The summed E-state index contributed by atoms with van der Waals surface area (Å²) < 4.78 is 1.90. The third-order valence-corrected chi connectivity index (χ3v) is 2.35. The average molecular weight is 171 g/mol. The van der Waals surface area contributed by atoms with Gasteiger partial charge in [0.05, 0.1) is 10.8 Å². The van der Waals surface area contributed by atoms with Gasteiger partial charge in [0.1, 0.15) is 0 Å². The summed E-state index contributed by atoms with van der Waals surface area (Å²) in [5.41, 5.74) is 0. The molecule has 0 amide bonds. The molecule has 11 heavy (non-hydrogen) atoms. The summed E-state index contributed by atoms with van der Waals surface area (Å²) in [5.74, 6) is -0.658. The molecule has 0 aromatic carbocycles. The molecule has 0 aliphatic carbocycles. The molecule has 1 rings (SSSR count). The first-order valence-corrected chi connectivity index (χ1v) is 4.14. The van der Waals surface area contributed by atoms with E-state index in [9.17, 15) is 4.79 Å². The lowest BCUT2D eigenvalue weighted by Gasteiger charge is -1.98. The summed E-state index contributed by atoms with van der Waals surface area (Å²) in [6.07, 6.45) is 1.89. The standard InChI is InChI=1S/C7H9NO2S/c1-8-4-2-3-6(8)11-5-7(9)10/h2-4H,5H2,1H3,(H,9,10). The van der Waals surface area contributed by atoms with Crippen LogP contribution in [0.4, 0.5) is 0 Å². The van der Waals surface area contributed by atoms with Gasteiger partial charge in [0, 0.05) is 13.2 Å². The van der Waals surface area contributed by atoms with Crippen molar-refractivity contribution in [3.8, 4) is 0 Å². The Labute approximate surface area is 69.0 Å². The van der Waals surface area contributed by atoms with Gasteiger partial charge < -0.3 is 9.67 Å². The largest absolute Gasteiger partial charge is 0.481 e. The molecule has 1 N–H and O–H groups in total. The SMILES string of the molecule is Cn1cccc1SCC(=O)O. The van der Waals surface area contributed by atoms with E-state index >= 15 is 0 Å². The van der Waals surface area contributed by atoms with Crippen LogP contribution in [0.25, 0.3) is 0 Å². The van der Waals surface area contributed by atoms with Gasteiger partial charge in [0.2, 0.25) is 0 Å². The Hall–Kier alpha value is -0.900. The van der Waals surface area contributed by atoms with Crippen molar-refractivity contribution < 1.29 is 9.90 Å². The maximum absolute atomic E-state index is 10.2. The molecule has 1 aromatic heterocycles. The summed E-state index contributed by atoms with van der Waals surface area (Å²) >= 11 is 1.33. The van der Waals surface area contributed by atoms with Gasteiger partial charge in [-0.1, -0.05) is 11.8 Å². The molecule has 0 spiro atoms. The smallest absolute Gasteiger partial charge is 0.313 e. The molecule has 1 heterocycles. The van der Waals surface area contributed by atoms with E-state index in [2.05, 4.69) is 0 Å². The zero-order chi connectivity index (χ0) is 8.27. The minimum Gasteiger partial charge on any atom is -0.481 e. The first kappa shape index (κ1) is 8.20. The second-order valence-electron chi connectivity index (χ2n) is 2.14. The Morgan fingerprint density at radius 2 is 2.55 bits per heavy atom. The average Bonchev–Trinajstić information content (AvgIpc) is 2.31. The van der Waals surface area contributed by atoms with Crippen molar-refractivity contribution in [1.29, 1.82) is 0 Å². The molecular weight excluding hydrogens is 162 g/mol. The fourth-order valence-corrected chi connectivity index (χ4v) is 1.44. The van der Waals surface area contributed by atoms with E-state index in [1.54, 1.807) is 0 Å². The number of aryl methyl sites for hydroxylation is 1. The van der Waals surface area contributed by atoms with Crippen LogP contribution >= 0.6 is 11.8 Å². The summed E-state index contributed by atoms with van der Waals surface area (Å²) in [5, 5.41) is 9.35. The van der Waals surface area contributed by atoms with Crippen LogP contribution in [0.2, 0.25) is 0 Å². The zero-order valence-corrected chi connectivity index (χ0v) is 6.97. The highest BCUT2D eigenvalue weighted by Gasteiger charge is 2.00. The minimum absolute atomic E-state index is 0.123. The number of aromatic nitrogens is 1. The quantitative estimate of drug-likeness (QED) is 0.695. The molecule has 0 aliphatic rings. The number of carbonyl (C=O) groups is 1. The molecule has 0 radical (unpaired) electrons. The van der Waals surface area contributed by atoms with Gasteiger partial charge >= 0.3 is 5.97 Å². The summed E-state index contributed by atoms with van der Waals surface area (Å²) in [6, 6.07) is 3.79. The van der Waals surface area contributed by atoms with Crippen molar-refractivity contribution in [2.45, 2.75) is 5.03 Å². The molecule has 0 bridgehead atoms. The number of hydrogen-bond acceptors (Lipinski definition) is 2. The van der Waals surface area contributed by atoms with Crippen LogP contribution in [0.5, 0.6) is 0 Å². The van der Waals surface area contributed by atoms with Gasteiger partial charge in [-0.15, -0.1) is 0 Å². The number of rotatable bonds is 3. The number of nitrogens with zero attached hydrogens (tertiary/aromatic N) is 1. The molecule has 0 atom stereocenters. The predicted molar refractivity (Wildman–Crippen MR) is 43.8 cm³/mol. The Morgan fingerprint density at radius 1 is 1.82 bits per heavy atom.